The molecule has 0 spiro atoms. The molecule has 2 aliphatic heterocycles. The summed E-state index contributed by atoms with van der Waals surface area (Å²) in [4.78, 5) is 2.42. The van der Waals surface area contributed by atoms with Gasteiger partial charge in [-0.1, -0.05) is 6.07 Å². The van der Waals surface area contributed by atoms with E-state index in [-0.39, 0.29) is 6.10 Å². The molecule has 4 nitrogen and oxygen atoms in total. The first-order chi connectivity index (χ1) is 8.34. The monoisotopic (exact) mass is 233 g/mol. The van der Waals surface area contributed by atoms with Crippen LogP contribution < -0.4 is 20.3 Å². The van der Waals surface area contributed by atoms with Crippen LogP contribution >= 0.6 is 0 Å². The Morgan fingerprint density at radius 2 is 2.12 bits per heavy atom. The molecule has 0 aromatic heterocycles. The molecule has 1 unspecified atom stereocenters. The van der Waals surface area contributed by atoms with E-state index in [1.54, 1.807) is 0 Å². The Balaban J connectivity index is 1.91. The third-order valence-electron chi connectivity index (χ3n) is 3.36. The van der Waals surface area contributed by atoms with Crippen LogP contribution in [0.4, 0.5) is 11.4 Å². The van der Waals surface area contributed by atoms with Crippen molar-refractivity contribution in [3.63, 3.8) is 0 Å². The van der Waals surface area contributed by atoms with Crippen LogP contribution in [0.25, 0.3) is 0 Å². The van der Waals surface area contributed by atoms with Gasteiger partial charge in [-0.2, -0.15) is 0 Å². The van der Waals surface area contributed by atoms with Crippen LogP contribution in [0.5, 0.6) is 5.75 Å². The molecule has 1 aromatic rings. The Bertz CT molecular complexity index is 402. The summed E-state index contributed by atoms with van der Waals surface area (Å²) in [5.74, 6) is 0.986. The number of piperazine rings is 1. The third kappa shape index (κ3) is 2.05. The van der Waals surface area contributed by atoms with Crippen LogP contribution in [0, 0.1) is 0 Å². The molecule has 2 N–H and O–H groups in total. The lowest BCUT2D eigenvalue weighted by molar-refractivity contribution is 0.226. The molecule has 2 aliphatic rings. The van der Waals surface area contributed by atoms with E-state index < -0.39 is 0 Å². The molecule has 0 amide bonds. The average molecular weight is 233 g/mol. The summed E-state index contributed by atoms with van der Waals surface area (Å²) in [6.45, 7) is 7.22. The zero-order valence-corrected chi connectivity index (χ0v) is 10.2. The fraction of sp³-hybridized carbons (Fsp3) is 0.538. The molecule has 0 radical (unpaired) electrons. The van der Waals surface area contributed by atoms with Crippen molar-refractivity contribution in [1.82, 2.24) is 5.32 Å². The number of fused-ring (bicyclic) bond motifs is 1. The van der Waals surface area contributed by atoms with Crippen molar-refractivity contribution in [1.29, 1.82) is 0 Å². The zero-order chi connectivity index (χ0) is 11.7. The van der Waals surface area contributed by atoms with Gasteiger partial charge in [-0.3, -0.25) is 0 Å². The van der Waals surface area contributed by atoms with Gasteiger partial charge in [0.05, 0.1) is 12.2 Å². The molecule has 92 valence electrons. The van der Waals surface area contributed by atoms with Crippen molar-refractivity contribution in [2.75, 3.05) is 42.9 Å². The van der Waals surface area contributed by atoms with Gasteiger partial charge in [0, 0.05) is 26.2 Å². The highest BCUT2D eigenvalue weighted by Crippen LogP contribution is 2.37. The molecule has 1 saturated heterocycles. The number of nitrogens with one attached hydrogen (secondary N) is 2. The van der Waals surface area contributed by atoms with Gasteiger partial charge in [-0.15, -0.1) is 0 Å². The molecule has 0 aliphatic carbocycles. The minimum Gasteiger partial charge on any atom is -0.487 e. The second-order valence-corrected chi connectivity index (χ2v) is 4.70. The number of hydrogen-bond acceptors (Lipinski definition) is 4. The highest BCUT2D eigenvalue weighted by molar-refractivity contribution is 5.77. The molecule has 0 bridgehead atoms. The lowest BCUT2D eigenvalue weighted by Crippen LogP contribution is -2.44. The molecular weight excluding hydrogens is 214 g/mol. The van der Waals surface area contributed by atoms with Gasteiger partial charge in [0.15, 0.2) is 0 Å². The average Bonchev–Trinajstić information content (AvgIpc) is 2.39. The predicted octanol–water partition coefficient (Wildman–Crippen LogP) is 1.29. The number of ether oxygens (including phenoxy) is 1. The quantitative estimate of drug-likeness (QED) is 0.766. The molecule has 4 heteroatoms. The van der Waals surface area contributed by atoms with Gasteiger partial charge in [-0.25, -0.2) is 0 Å². The van der Waals surface area contributed by atoms with E-state index in [1.807, 2.05) is 6.07 Å². The fourth-order valence-corrected chi connectivity index (χ4v) is 2.47. The molecule has 1 aromatic carbocycles. The van der Waals surface area contributed by atoms with Gasteiger partial charge >= 0.3 is 0 Å². The smallest absolute Gasteiger partial charge is 0.145 e. The molecule has 3 rings (SSSR count). The number of rotatable bonds is 1. The van der Waals surface area contributed by atoms with Crippen LogP contribution in [0.2, 0.25) is 0 Å². The second-order valence-electron chi connectivity index (χ2n) is 4.70. The summed E-state index contributed by atoms with van der Waals surface area (Å²) in [7, 11) is 0. The first-order valence-electron chi connectivity index (χ1n) is 6.34. The predicted molar refractivity (Wildman–Crippen MR) is 70.1 cm³/mol. The van der Waals surface area contributed by atoms with Crippen molar-refractivity contribution in [3.05, 3.63) is 18.2 Å². The Labute approximate surface area is 102 Å². The standard InChI is InChI=1S/C13H19N3O/c1-10-9-15-13-11(3-2-4-12(13)17-10)16-7-5-14-6-8-16/h2-4,10,14-15H,5-9H2,1H3. The second kappa shape index (κ2) is 4.45. The van der Waals surface area contributed by atoms with E-state index in [0.717, 1.165) is 44.2 Å². The molecule has 1 atom stereocenters. The van der Waals surface area contributed by atoms with Crippen molar-refractivity contribution < 1.29 is 4.74 Å². The number of nitrogens with zero attached hydrogens (tertiary/aromatic N) is 1. The maximum atomic E-state index is 5.86. The highest BCUT2D eigenvalue weighted by Gasteiger charge is 2.21. The van der Waals surface area contributed by atoms with E-state index in [0.29, 0.717) is 0 Å². The minimum absolute atomic E-state index is 0.251. The van der Waals surface area contributed by atoms with E-state index in [4.69, 9.17) is 4.74 Å². The fourth-order valence-electron chi connectivity index (χ4n) is 2.47. The summed E-state index contributed by atoms with van der Waals surface area (Å²) in [6, 6.07) is 6.30. The van der Waals surface area contributed by atoms with Crippen LogP contribution in [0.3, 0.4) is 0 Å². The van der Waals surface area contributed by atoms with Crippen molar-refractivity contribution >= 4 is 11.4 Å². The van der Waals surface area contributed by atoms with Gasteiger partial charge < -0.3 is 20.3 Å². The summed E-state index contributed by atoms with van der Waals surface area (Å²) < 4.78 is 5.86. The van der Waals surface area contributed by atoms with Crippen molar-refractivity contribution in [2.45, 2.75) is 13.0 Å². The van der Waals surface area contributed by atoms with Crippen LogP contribution in [0.1, 0.15) is 6.92 Å². The van der Waals surface area contributed by atoms with Gasteiger partial charge in [-0.05, 0) is 19.1 Å². The van der Waals surface area contributed by atoms with Gasteiger partial charge in [0.1, 0.15) is 17.5 Å². The van der Waals surface area contributed by atoms with Gasteiger partial charge in [0.2, 0.25) is 0 Å². The summed E-state index contributed by atoms with van der Waals surface area (Å²) >= 11 is 0. The molecular formula is C13H19N3O. The first kappa shape index (κ1) is 10.7. The Morgan fingerprint density at radius 1 is 1.29 bits per heavy atom. The topological polar surface area (TPSA) is 36.5 Å². The summed E-state index contributed by atoms with van der Waals surface area (Å²) in [6.07, 6.45) is 0.251. The first-order valence-corrected chi connectivity index (χ1v) is 6.34. The van der Waals surface area contributed by atoms with Gasteiger partial charge in [0.25, 0.3) is 0 Å². The molecule has 0 saturated carbocycles. The van der Waals surface area contributed by atoms with Crippen LogP contribution in [0.15, 0.2) is 18.2 Å². The Morgan fingerprint density at radius 3 is 2.94 bits per heavy atom. The van der Waals surface area contributed by atoms with E-state index in [1.165, 1.54) is 5.69 Å². The maximum absolute atomic E-state index is 5.86. The van der Waals surface area contributed by atoms with Crippen LogP contribution in [-0.4, -0.2) is 38.8 Å². The summed E-state index contributed by atoms with van der Waals surface area (Å²) in [5, 5.41) is 6.87. The Hall–Kier alpha value is -1.42. The SMILES string of the molecule is CC1CNc2c(cccc2N2CCNCC2)O1. The largest absolute Gasteiger partial charge is 0.487 e. The van der Waals surface area contributed by atoms with Crippen molar-refractivity contribution in [3.8, 4) is 5.75 Å². The normalized spacial score (nSPS) is 23.6. The van der Waals surface area contributed by atoms with Crippen LogP contribution in [-0.2, 0) is 0 Å². The molecule has 1 fully saturated rings. The number of hydrogen-bond donors (Lipinski definition) is 2. The zero-order valence-electron chi connectivity index (χ0n) is 10.2. The van der Waals surface area contributed by atoms with E-state index in [9.17, 15) is 0 Å². The minimum atomic E-state index is 0.251. The summed E-state index contributed by atoms with van der Waals surface area (Å²) in [5.41, 5.74) is 2.43. The van der Waals surface area contributed by atoms with E-state index in [2.05, 4.69) is 34.6 Å². The highest BCUT2D eigenvalue weighted by atomic mass is 16.5. The molecule has 17 heavy (non-hydrogen) atoms. The lowest BCUT2D eigenvalue weighted by atomic mass is 10.1. The Kier molecular flexibility index (Phi) is 2.81. The lowest BCUT2D eigenvalue weighted by Gasteiger charge is -2.34. The van der Waals surface area contributed by atoms with E-state index >= 15 is 0 Å². The third-order valence-corrected chi connectivity index (χ3v) is 3.36. The number of benzene rings is 1. The number of anilines is 2. The number of para-hydroxylation sites is 1. The molecule has 2 heterocycles. The van der Waals surface area contributed by atoms with Crippen molar-refractivity contribution in [2.24, 2.45) is 0 Å². The maximum Gasteiger partial charge on any atom is 0.145 e.